The first-order chi connectivity index (χ1) is 7.67. The summed E-state index contributed by atoms with van der Waals surface area (Å²) >= 11 is 0. The molecule has 2 unspecified atom stereocenters. The van der Waals surface area contributed by atoms with Gasteiger partial charge in [-0.2, -0.15) is 0 Å². The second kappa shape index (κ2) is 6.89. The first-order valence-corrected chi connectivity index (χ1v) is 6.65. The van der Waals surface area contributed by atoms with Crippen molar-refractivity contribution < 1.29 is 4.79 Å². The highest BCUT2D eigenvalue weighted by Crippen LogP contribution is 2.21. The third kappa shape index (κ3) is 4.12. The summed E-state index contributed by atoms with van der Waals surface area (Å²) in [6.45, 7) is 6.97. The normalized spacial score (nSPS) is 22.4. The van der Waals surface area contributed by atoms with Crippen LogP contribution in [-0.2, 0) is 4.79 Å². The lowest BCUT2D eigenvalue weighted by molar-refractivity contribution is -0.130. The Balaban J connectivity index is 2.23. The molecule has 1 amide bonds. The molecule has 0 radical (unpaired) electrons. The van der Waals surface area contributed by atoms with Crippen molar-refractivity contribution in [2.45, 2.75) is 46.0 Å². The maximum atomic E-state index is 11.9. The highest BCUT2D eigenvalue weighted by molar-refractivity contribution is 5.76. The van der Waals surface area contributed by atoms with Gasteiger partial charge >= 0.3 is 0 Å². The Bertz CT molecular complexity index is 218. The molecule has 3 nitrogen and oxygen atoms in total. The molecule has 1 heterocycles. The van der Waals surface area contributed by atoms with E-state index in [1.54, 1.807) is 0 Å². The number of rotatable bonds is 6. The summed E-state index contributed by atoms with van der Waals surface area (Å²) in [6, 6.07) is 0. The van der Waals surface area contributed by atoms with Crippen LogP contribution in [0.1, 0.15) is 46.0 Å². The molecule has 1 fully saturated rings. The molecule has 94 valence electrons. The van der Waals surface area contributed by atoms with Crippen LogP contribution < -0.4 is 5.73 Å². The molecule has 16 heavy (non-hydrogen) atoms. The van der Waals surface area contributed by atoms with E-state index in [4.69, 9.17) is 5.73 Å². The van der Waals surface area contributed by atoms with Crippen LogP contribution in [0.25, 0.3) is 0 Å². The van der Waals surface area contributed by atoms with Crippen LogP contribution in [0.2, 0.25) is 0 Å². The molecule has 1 rings (SSSR count). The third-order valence-electron chi connectivity index (χ3n) is 3.59. The molecular formula is C13H26N2O. The van der Waals surface area contributed by atoms with Crippen molar-refractivity contribution in [2.75, 3.05) is 19.6 Å². The van der Waals surface area contributed by atoms with Crippen molar-refractivity contribution in [3.63, 3.8) is 0 Å². The van der Waals surface area contributed by atoms with Crippen LogP contribution >= 0.6 is 0 Å². The van der Waals surface area contributed by atoms with Gasteiger partial charge in [-0.05, 0) is 37.6 Å². The lowest BCUT2D eigenvalue weighted by Crippen LogP contribution is -2.29. The second-order valence-corrected chi connectivity index (χ2v) is 5.16. The summed E-state index contributed by atoms with van der Waals surface area (Å²) in [4.78, 5) is 13.9. The van der Waals surface area contributed by atoms with E-state index in [0.717, 1.165) is 25.4 Å². The Labute approximate surface area is 99.4 Å². The standard InChI is InChI=1S/C13H26N2O/c1-3-4-12-7-8-15(10-12)13(16)6-5-11(2)9-14/h11-12H,3-10,14H2,1-2H3. The van der Waals surface area contributed by atoms with Crippen LogP contribution in [0.15, 0.2) is 0 Å². The number of likely N-dealkylation sites (tertiary alicyclic amines) is 1. The van der Waals surface area contributed by atoms with E-state index in [2.05, 4.69) is 13.8 Å². The van der Waals surface area contributed by atoms with E-state index in [1.807, 2.05) is 4.90 Å². The van der Waals surface area contributed by atoms with Gasteiger partial charge in [-0.25, -0.2) is 0 Å². The second-order valence-electron chi connectivity index (χ2n) is 5.16. The lowest BCUT2D eigenvalue weighted by atomic mass is 10.0. The van der Waals surface area contributed by atoms with Gasteiger partial charge in [0.05, 0.1) is 0 Å². The Hall–Kier alpha value is -0.570. The Morgan fingerprint density at radius 2 is 2.31 bits per heavy atom. The Kier molecular flexibility index (Phi) is 5.81. The topological polar surface area (TPSA) is 46.3 Å². The van der Waals surface area contributed by atoms with Gasteiger partial charge < -0.3 is 10.6 Å². The first kappa shape index (κ1) is 13.5. The van der Waals surface area contributed by atoms with E-state index < -0.39 is 0 Å². The zero-order valence-corrected chi connectivity index (χ0v) is 10.7. The van der Waals surface area contributed by atoms with Crippen molar-refractivity contribution in [2.24, 2.45) is 17.6 Å². The first-order valence-electron chi connectivity index (χ1n) is 6.65. The van der Waals surface area contributed by atoms with Gasteiger partial charge in [0, 0.05) is 19.5 Å². The average molecular weight is 226 g/mol. The molecule has 1 saturated heterocycles. The zero-order valence-electron chi connectivity index (χ0n) is 10.7. The SMILES string of the molecule is CCCC1CCN(C(=O)CCC(C)CN)C1. The highest BCUT2D eigenvalue weighted by Gasteiger charge is 2.25. The van der Waals surface area contributed by atoms with Crippen molar-refractivity contribution in [3.8, 4) is 0 Å². The summed E-state index contributed by atoms with van der Waals surface area (Å²) in [5, 5.41) is 0. The molecule has 2 N–H and O–H groups in total. The number of hydrogen-bond acceptors (Lipinski definition) is 2. The van der Waals surface area contributed by atoms with Gasteiger partial charge in [0.15, 0.2) is 0 Å². The zero-order chi connectivity index (χ0) is 12.0. The molecule has 0 aliphatic carbocycles. The highest BCUT2D eigenvalue weighted by atomic mass is 16.2. The van der Waals surface area contributed by atoms with Gasteiger partial charge in [-0.3, -0.25) is 4.79 Å². The Morgan fingerprint density at radius 1 is 1.56 bits per heavy atom. The predicted molar refractivity (Wildman–Crippen MR) is 67.0 cm³/mol. The Morgan fingerprint density at radius 3 is 2.94 bits per heavy atom. The number of carbonyl (C=O) groups excluding carboxylic acids is 1. The minimum absolute atomic E-state index is 0.332. The summed E-state index contributed by atoms with van der Waals surface area (Å²) in [6.07, 6.45) is 5.31. The number of nitrogens with zero attached hydrogens (tertiary/aromatic N) is 1. The molecule has 1 aliphatic rings. The molecule has 1 aliphatic heterocycles. The smallest absolute Gasteiger partial charge is 0.222 e. The molecule has 0 aromatic rings. The van der Waals surface area contributed by atoms with Crippen LogP contribution in [0.5, 0.6) is 0 Å². The van der Waals surface area contributed by atoms with Crippen LogP contribution in [0, 0.1) is 11.8 Å². The molecular weight excluding hydrogens is 200 g/mol. The van der Waals surface area contributed by atoms with Gasteiger partial charge in [-0.15, -0.1) is 0 Å². The average Bonchev–Trinajstić information content (AvgIpc) is 2.74. The maximum absolute atomic E-state index is 11.9. The summed E-state index contributed by atoms with van der Waals surface area (Å²) in [5.41, 5.74) is 5.55. The summed E-state index contributed by atoms with van der Waals surface area (Å²) in [5.74, 6) is 1.55. The van der Waals surface area contributed by atoms with Crippen molar-refractivity contribution in [3.05, 3.63) is 0 Å². The number of nitrogens with two attached hydrogens (primary N) is 1. The van der Waals surface area contributed by atoms with E-state index in [9.17, 15) is 4.79 Å². The number of amides is 1. The number of carbonyl (C=O) groups is 1. The van der Waals surface area contributed by atoms with Crippen LogP contribution in [0.4, 0.5) is 0 Å². The molecule has 0 bridgehead atoms. The van der Waals surface area contributed by atoms with E-state index >= 15 is 0 Å². The fourth-order valence-electron chi connectivity index (χ4n) is 2.35. The van der Waals surface area contributed by atoms with Crippen molar-refractivity contribution >= 4 is 5.91 Å². The van der Waals surface area contributed by atoms with E-state index in [1.165, 1.54) is 19.3 Å². The van der Waals surface area contributed by atoms with Crippen LogP contribution in [0.3, 0.4) is 0 Å². The van der Waals surface area contributed by atoms with Crippen molar-refractivity contribution in [1.29, 1.82) is 0 Å². The fraction of sp³-hybridized carbons (Fsp3) is 0.923. The summed E-state index contributed by atoms with van der Waals surface area (Å²) < 4.78 is 0. The van der Waals surface area contributed by atoms with E-state index in [-0.39, 0.29) is 0 Å². The van der Waals surface area contributed by atoms with Gasteiger partial charge in [0.25, 0.3) is 0 Å². The molecule has 0 saturated carbocycles. The quantitative estimate of drug-likeness (QED) is 0.753. The fourth-order valence-corrected chi connectivity index (χ4v) is 2.35. The molecule has 0 aromatic carbocycles. The third-order valence-corrected chi connectivity index (χ3v) is 3.59. The number of hydrogen-bond donors (Lipinski definition) is 1. The minimum Gasteiger partial charge on any atom is -0.342 e. The molecule has 2 atom stereocenters. The molecule has 0 aromatic heterocycles. The van der Waals surface area contributed by atoms with Gasteiger partial charge in [0.2, 0.25) is 5.91 Å². The van der Waals surface area contributed by atoms with Crippen LogP contribution in [-0.4, -0.2) is 30.4 Å². The van der Waals surface area contributed by atoms with Gasteiger partial charge in [-0.1, -0.05) is 20.3 Å². The van der Waals surface area contributed by atoms with E-state index in [0.29, 0.717) is 24.8 Å². The van der Waals surface area contributed by atoms with Gasteiger partial charge in [0.1, 0.15) is 0 Å². The minimum atomic E-state index is 0.332. The lowest BCUT2D eigenvalue weighted by Gasteiger charge is -2.17. The monoisotopic (exact) mass is 226 g/mol. The molecule has 3 heteroatoms. The largest absolute Gasteiger partial charge is 0.342 e. The maximum Gasteiger partial charge on any atom is 0.222 e. The predicted octanol–water partition coefficient (Wildman–Crippen LogP) is 2.01. The van der Waals surface area contributed by atoms with Crippen molar-refractivity contribution in [1.82, 2.24) is 4.90 Å². The molecule has 0 spiro atoms. The summed E-state index contributed by atoms with van der Waals surface area (Å²) in [7, 11) is 0.